The van der Waals surface area contributed by atoms with Crippen molar-refractivity contribution in [3.63, 3.8) is 0 Å². The minimum absolute atomic E-state index is 0.485. The monoisotopic (exact) mass is 238 g/mol. The van der Waals surface area contributed by atoms with E-state index in [0.717, 1.165) is 15.7 Å². The predicted octanol–water partition coefficient (Wildman–Crippen LogP) is 3.22. The molecule has 0 spiro atoms. The molecule has 2 nitrogen and oxygen atoms in total. The number of nitrogens with zero attached hydrogens (tertiary/aromatic N) is 2. The van der Waals surface area contributed by atoms with Crippen LogP contribution in [0.1, 0.15) is 25.5 Å². The number of pyridine rings is 1. The van der Waals surface area contributed by atoms with Crippen LogP contribution in [0.3, 0.4) is 0 Å². The lowest BCUT2D eigenvalue weighted by atomic mass is 10.1. The molecule has 0 unspecified atom stereocenters. The molecule has 0 aliphatic heterocycles. The molecule has 0 aliphatic carbocycles. The van der Waals surface area contributed by atoms with Crippen LogP contribution in [0.4, 0.5) is 0 Å². The highest BCUT2D eigenvalue weighted by atomic mass is 79.9. The van der Waals surface area contributed by atoms with Gasteiger partial charge in [0.05, 0.1) is 11.2 Å². The Labute approximate surface area is 85.7 Å². The number of rotatable bonds is 1. The van der Waals surface area contributed by atoms with E-state index in [-0.39, 0.29) is 0 Å². The van der Waals surface area contributed by atoms with Crippen LogP contribution in [0, 0.1) is 0 Å². The standard InChI is InChI=1S/C10H11BrN2/c1-7(2)10-5-9-4-3-8(11)6-13(9)12-10/h3-7H,1-2H3. The van der Waals surface area contributed by atoms with Crippen LogP contribution in [-0.2, 0) is 0 Å². The molecule has 0 amide bonds. The lowest BCUT2D eigenvalue weighted by Gasteiger charge is -1.95. The molecule has 2 rings (SSSR count). The number of hydrogen-bond acceptors (Lipinski definition) is 1. The zero-order valence-electron chi connectivity index (χ0n) is 7.66. The molecule has 0 radical (unpaired) electrons. The molecule has 0 aromatic carbocycles. The number of fused-ring (bicyclic) bond motifs is 1. The smallest absolute Gasteiger partial charge is 0.0665 e. The largest absolute Gasteiger partial charge is 0.240 e. The van der Waals surface area contributed by atoms with Crippen LogP contribution in [0.5, 0.6) is 0 Å². The molecule has 0 saturated carbocycles. The van der Waals surface area contributed by atoms with Crippen molar-refractivity contribution in [1.29, 1.82) is 0 Å². The van der Waals surface area contributed by atoms with Crippen molar-refractivity contribution in [2.45, 2.75) is 19.8 Å². The zero-order chi connectivity index (χ0) is 9.42. The summed E-state index contributed by atoms with van der Waals surface area (Å²) in [6.07, 6.45) is 1.97. The van der Waals surface area contributed by atoms with E-state index in [2.05, 4.69) is 47.0 Å². The second kappa shape index (κ2) is 3.14. The molecular weight excluding hydrogens is 228 g/mol. The molecule has 0 N–H and O–H groups in total. The van der Waals surface area contributed by atoms with E-state index in [1.54, 1.807) is 0 Å². The molecule has 13 heavy (non-hydrogen) atoms. The van der Waals surface area contributed by atoms with Crippen molar-refractivity contribution in [2.24, 2.45) is 0 Å². The Morgan fingerprint density at radius 2 is 2.15 bits per heavy atom. The Hall–Kier alpha value is -0.830. The second-order valence-electron chi connectivity index (χ2n) is 3.44. The van der Waals surface area contributed by atoms with E-state index in [4.69, 9.17) is 0 Å². The third-order valence-corrected chi connectivity index (χ3v) is 2.50. The van der Waals surface area contributed by atoms with Gasteiger partial charge in [-0.2, -0.15) is 5.10 Å². The van der Waals surface area contributed by atoms with Gasteiger partial charge in [0.2, 0.25) is 0 Å². The van der Waals surface area contributed by atoms with E-state index in [9.17, 15) is 0 Å². The van der Waals surface area contributed by atoms with E-state index >= 15 is 0 Å². The molecule has 0 fully saturated rings. The lowest BCUT2D eigenvalue weighted by Crippen LogP contribution is -1.90. The summed E-state index contributed by atoms with van der Waals surface area (Å²) >= 11 is 3.42. The average molecular weight is 239 g/mol. The summed E-state index contributed by atoms with van der Waals surface area (Å²) in [5.41, 5.74) is 2.28. The van der Waals surface area contributed by atoms with E-state index in [1.165, 1.54) is 0 Å². The molecule has 2 aromatic heterocycles. The van der Waals surface area contributed by atoms with Gasteiger partial charge in [-0.25, -0.2) is 4.52 Å². The third kappa shape index (κ3) is 1.61. The summed E-state index contributed by atoms with van der Waals surface area (Å²) in [6, 6.07) is 6.21. The Morgan fingerprint density at radius 3 is 2.85 bits per heavy atom. The minimum atomic E-state index is 0.485. The SMILES string of the molecule is CC(C)c1cc2ccc(Br)cn2n1. The number of aromatic nitrogens is 2. The van der Waals surface area contributed by atoms with Crippen LogP contribution in [-0.4, -0.2) is 9.61 Å². The minimum Gasteiger partial charge on any atom is -0.240 e. The van der Waals surface area contributed by atoms with Gasteiger partial charge in [-0.3, -0.25) is 0 Å². The molecule has 2 heterocycles. The van der Waals surface area contributed by atoms with E-state index in [1.807, 2.05) is 16.8 Å². The number of halogens is 1. The quantitative estimate of drug-likeness (QED) is 0.746. The van der Waals surface area contributed by atoms with Gasteiger partial charge in [-0.1, -0.05) is 13.8 Å². The molecule has 3 heteroatoms. The van der Waals surface area contributed by atoms with Gasteiger partial charge < -0.3 is 0 Å². The normalized spacial score (nSPS) is 11.4. The second-order valence-corrected chi connectivity index (χ2v) is 4.36. The van der Waals surface area contributed by atoms with Crippen LogP contribution in [0.15, 0.2) is 28.9 Å². The van der Waals surface area contributed by atoms with Crippen molar-refractivity contribution >= 4 is 21.4 Å². The summed E-state index contributed by atoms with van der Waals surface area (Å²) in [6.45, 7) is 4.30. The molecule has 68 valence electrons. The van der Waals surface area contributed by atoms with Gasteiger partial charge in [-0.15, -0.1) is 0 Å². The van der Waals surface area contributed by atoms with Gasteiger partial charge in [0.1, 0.15) is 0 Å². The highest BCUT2D eigenvalue weighted by molar-refractivity contribution is 9.10. The Balaban J connectivity index is 2.62. The van der Waals surface area contributed by atoms with Crippen molar-refractivity contribution in [2.75, 3.05) is 0 Å². The van der Waals surface area contributed by atoms with Crippen molar-refractivity contribution in [3.05, 3.63) is 34.6 Å². The van der Waals surface area contributed by atoms with Crippen molar-refractivity contribution in [3.8, 4) is 0 Å². The van der Waals surface area contributed by atoms with Crippen LogP contribution in [0.25, 0.3) is 5.52 Å². The maximum absolute atomic E-state index is 4.46. The Bertz CT molecular complexity index is 431. The van der Waals surface area contributed by atoms with Gasteiger partial charge in [-0.05, 0) is 40.0 Å². The van der Waals surface area contributed by atoms with Crippen LogP contribution >= 0.6 is 15.9 Å². The first-order valence-electron chi connectivity index (χ1n) is 4.31. The maximum atomic E-state index is 4.46. The summed E-state index contributed by atoms with van der Waals surface area (Å²) in [4.78, 5) is 0. The Kier molecular flexibility index (Phi) is 2.12. The lowest BCUT2D eigenvalue weighted by molar-refractivity contribution is 0.787. The third-order valence-electron chi connectivity index (χ3n) is 2.03. The summed E-state index contributed by atoms with van der Waals surface area (Å²) < 4.78 is 2.96. The van der Waals surface area contributed by atoms with Crippen LogP contribution in [0.2, 0.25) is 0 Å². The van der Waals surface area contributed by atoms with Crippen molar-refractivity contribution < 1.29 is 0 Å². The molecule has 0 saturated heterocycles. The van der Waals surface area contributed by atoms with E-state index in [0.29, 0.717) is 5.92 Å². The Morgan fingerprint density at radius 1 is 1.38 bits per heavy atom. The summed E-state index contributed by atoms with van der Waals surface area (Å²) in [7, 11) is 0. The first-order valence-corrected chi connectivity index (χ1v) is 5.11. The topological polar surface area (TPSA) is 17.3 Å². The first kappa shape index (κ1) is 8.75. The zero-order valence-corrected chi connectivity index (χ0v) is 9.25. The van der Waals surface area contributed by atoms with E-state index < -0.39 is 0 Å². The van der Waals surface area contributed by atoms with Gasteiger partial charge in [0, 0.05) is 10.7 Å². The van der Waals surface area contributed by atoms with Crippen molar-refractivity contribution in [1.82, 2.24) is 9.61 Å². The highest BCUT2D eigenvalue weighted by Gasteiger charge is 2.04. The molecule has 0 bridgehead atoms. The predicted molar refractivity (Wildman–Crippen MR) is 57.0 cm³/mol. The summed E-state index contributed by atoms with van der Waals surface area (Å²) in [5, 5.41) is 4.46. The maximum Gasteiger partial charge on any atom is 0.0665 e. The summed E-state index contributed by atoms with van der Waals surface area (Å²) in [5.74, 6) is 0.485. The molecular formula is C10H11BrN2. The number of hydrogen-bond donors (Lipinski definition) is 0. The van der Waals surface area contributed by atoms with Gasteiger partial charge >= 0.3 is 0 Å². The van der Waals surface area contributed by atoms with Crippen LogP contribution < -0.4 is 0 Å². The average Bonchev–Trinajstić information content (AvgIpc) is 2.46. The van der Waals surface area contributed by atoms with Gasteiger partial charge in [0.15, 0.2) is 0 Å². The molecule has 2 aromatic rings. The van der Waals surface area contributed by atoms with Gasteiger partial charge in [0.25, 0.3) is 0 Å². The molecule has 0 aliphatic rings. The fourth-order valence-electron chi connectivity index (χ4n) is 1.26. The fraction of sp³-hybridized carbons (Fsp3) is 0.300. The highest BCUT2D eigenvalue weighted by Crippen LogP contribution is 2.17. The first-order chi connectivity index (χ1) is 6.16. The fourth-order valence-corrected chi connectivity index (χ4v) is 1.59. The molecule has 0 atom stereocenters.